The maximum atomic E-state index is 11.7. The average molecular weight is 725 g/mol. The molecule has 3 aromatic rings. The van der Waals surface area contributed by atoms with Crippen molar-refractivity contribution in [3.8, 4) is 28.4 Å². The topological polar surface area (TPSA) is 117 Å². The van der Waals surface area contributed by atoms with E-state index in [1.807, 2.05) is 26.0 Å². The molecule has 3 aliphatic rings. The SMILES string of the molecule is Cc1noc(C)c1-c1nc(-c2cc(OC[C@@H](CN(C)C(=O)O)O[Si](C)(C)C(C)(C)C)ccc2Cl)nc(N2CC3(CCN(C4CC4)CC3)C2)c1C. The predicted molar refractivity (Wildman–Crippen MR) is 199 cm³/mol. The Kier molecular flexibility index (Phi) is 10.1. The molecule has 4 heterocycles. The second-order valence-corrected chi connectivity index (χ2v) is 21.4. The molecule has 2 aromatic heterocycles. The number of aryl methyl sites for hydroxylation is 2. The number of amides is 1. The molecule has 0 bridgehead atoms. The fourth-order valence-electron chi connectivity index (χ4n) is 7.09. The molecule has 1 spiro atoms. The van der Waals surface area contributed by atoms with E-state index in [9.17, 15) is 9.90 Å². The Morgan fingerprint density at radius 3 is 2.42 bits per heavy atom. The summed E-state index contributed by atoms with van der Waals surface area (Å²) >= 11 is 6.88. The van der Waals surface area contributed by atoms with Crippen LogP contribution < -0.4 is 9.64 Å². The van der Waals surface area contributed by atoms with Crippen molar-refractivity contribution in [3.05, 3.63) is 40.2 Å². The minimum atomic E-state index is -2.22. The Morgan fingerprint density at radius 2 is 1.84 bits per heavy atom. The number of nitrogens with zero attached hydrogens (tertiary/aromatic N) is 6. The van der Waals surface area contributed by atoms with Gasteiger partial charge in [-0.2, -0.15) is 0 Å². The smallest absolute Gasteiger partial charge is 0.407 e. The quantitative estimate of drug-likeness (QED) is 0.196. The average Bonchev–Trinajstić information content (AvgIpc) is 3.83. The number of piperidine rings is 1. The first-order valence-corrected chi connectivity index (χ1v) is 21.1. The van der Waals surface area contributed by atoms with Crippen LogP contribution in [-0.4, -0.2) is 103 Å². The Bertz CT molecular complexity index is 1700. The van der Waals surface area contributed by atoms with Crippen molar-refractivity contribution in [2.45, 2.75) is 97.5 Å². The summed E-state index contributed by atoms with van der Waals surface area (Å²) in [5, 5.41) is 14.3. The number of anilines is 1. The second kappa shape index (κ2) is 13.7. The fraction of sp³-hybridized carbons (Fsp3) is 0.622. The summed E-state index contributed by atoms with van der Waals surface area (Å²) in [6.07, 6.45) is 3.69. The summed E-state index contributed by atoms with van der Waals surface area (Å²) in [5.41, 5.74) is 4.40. The third-order valence-corrected chi connectivity index (χ3v) is 16.2. The molecule has 6 rings (SSSR count). The number of halogens is 1. The Balaban J connectivity index is 1.29. The van der Waals surface area contributed by atoms with E-state index >= 15 is 0 Å². The Hall–Kier alpha value is -3.19. The van der Waals surface area contributed by atoms with Crippen LogP contribution in [-0.2, 0) is 4.43 Å². The first kappa shape index (κ1) is 36.6. The molecule has 1 saturated carbocycles. The minimum absolute atomic E-state index is 0.0516. The summed E-state index contributed by atoms with van der Waals surface area (Å²) < 4.78 is 18.6. The van der Waals surface area contributed by atoms with Gasteiger partial charge in [0, 0.05) is 42.7 Å². The maximum Gasteiger partial charge on any atom is 0.407 e. The lowest BCUT2D eigenvalue weighted by Crippen LogP contribution is -2.61. The van der Waals surface area contributed by atoms with Gasteiger partial charge in [-0.1, -0.05) is 37.5 Å². The molecule has 1 N–H and O–H groups in total. The van der Waals surface area contributed by atoms with Crippen molar-refractivity contribution in [1.82, 2.24) is 24.9 Å². The molecule has 272 valence electrons. The number of likely N-dealkylation sites (N-methyl/N-ethyl adjacent to an activating group) is 1. The third-order valence-electron chi connectivity index (χ3n) is 11.4. The van der Waals surface area contributed by atoms with E-state index in [0.717, 1.165) is 47.5 Å². The van der Waals surface area contributed by atoms with Crippen LogP contribution >= 0.6 is 11.6 Å². The van der Waals surface area contributed by atoms with Gasteiger partial charge in [-0.25, -0.2) is 14.8 Å². The number of likely N-dealkylation sites (tertiary alicyclic amines) is 1. The van der Waals surface area contributed by atoms with Gasteiger partial charge in [-0.15, -0.1) is 0 Å². The monoisotopic (exact) mass is 724 g/mol. The number of carbonyl (C=O) groups is 1. The van der Waals surface area contributed by atoms with Crippen LogP contribution in [0.5, 0.6) is 5.75 Å². The maximum absolute atomic E-state index is 11.7. The van der Waals surface area contributed by atoms with Crippen molar-refractivity contribution >= 4 is 31.8 Å². The van der Waals surface area contributed by atoms with E-state index in [2.05, 4.69) is 55.7 Å². The molecule has 1 aromatic carbocycles. The van der Waals surface area contributed by atoms with Gasteiger partial charge < -0.3 is 33.5 Å². The number of hydrogen-bond donors (Lipinski definition) is 1. The summed E-state index contributed by atoms with van der Waals surface area (Å²) in [7, 11) is -0.678. The number of hydrogen-bond acceptors (Lipinski definition) is 9. The van der Waals surface area contributed by atoms with Crippen LogP contribution in [0.4, 0.5) is 10.6 Å². The lowest BCUT2D eigenvalue weighted by Gasteiger charge is -2.55. The summed E-state index contributed by atoms with van der Waals surface area (Å²) in [4.78, 5) is 28.3. The van der Waals surface area contributed by atoms with Crippen LogP contribution in [0.2, 0.25) is 23.2 Å². The highest BCUT2D eigenvalue weighted by molar-refractivity contribution is 6.74. The second-order valence-electron chi connectivity index (χ2n) is 16.3. The standard InChI is InChI=1S/C37H53ClN6O5Si/c1-23-32(31-24(2)41-48-25(31)3)39-33(40-34(23)44-21-37(22-44)14-16-43(17-15-37)26-10-11-26)29-18-27(12-13-30(29)38)47-20-28(19-42(7)35(45)46)49-50(8,9)36(4,5)6/h12-13,18,26,28H,10-11,14-17,19-22H2,1-9H3,(H,45,46)/t28-/m1/s1. The molecule has 1 atom stereocenters. The number of benzene rings is 1. The number of ether oxygens (including phenoxy) is 1. The summed E-state index contributed by atoms with van der Waals surface area (Å²) in [6.45, 7) is 21.4. The Morgan fingerprint density at radius 1 is 1.16 bits per heavy atom. The number of aromatic nitrogens is 3. The van der Waals surface area contributed by atoms with E-state index < -0.39 is 20.5 Å². The molecule has 50 heavy (non-hydrogen) atoms. The predicted octanol–water partition coefficient (Wildman–Crippen LogP) is 7.82. The number of carboxylic acid groups (broad SMARTS) is 1. The van der Waals surface area contributed by atoms with Crippen molar-refractivity contribution in [1.29, 1.82) is 0 Å². The zero-order valence-electron chi connectivity index (χ0n) is 31.1. The lowest BCUT2D eigenvalue weighted by molar-refractivity contribution is 0.0716. The van der Waals surface area contributed by atoms with Crippen molar-refractivity contribution in [2.75, 3.05) is 51.3 Å². The van der Waals surface area contributed by atoms with Gasteiger partial charge >= 0.3 is 6.09 Å². The molecule has 0 unspecified atom stereocenters. The third kappa shape index (κ3) is 7.54. The van der Waals surface area contributed by atoms with Crippen molar-refractivity contribution in [3.63, 3.8) is 0 Å². The Labute approximate surface area is 302 Å². The highest BCUT2D eigenvalue weighted by atomic mass is 35.5. The molecule has 11 nitrogen and oxygen atoms in total. The molecule has 1 aliphatic carbocycles. The van der Waals surface area contributed by atoms with Crippen LogP contribution in [0.25, 0.3) is 22.6 Å². The van der Waals surface area contributed by atoms with E-state index in [-0.39, 0.29) is 18.2 Å². The van der Waals surface area contributed by atoms with E-state index in [1.54, 1.807) is 13.1 Å². The van der Waals surface area contributed by atoms with Gasteiger partial charge in [0.25, 0.3) is 0 Å². The van der Waals surface area contributed by atoms with Gasteiger partial charge in [0.15, 0.2) is 14.1 Å². The molecule has 2 saturated heterocycles. The molecular formula is C37H53ClN6O5Si. The summed E-state index contributed by atoms with van der Waals surface area (Å²) in [6, 6.07) is 6.29. The molecular weight excluding hydrogens is 672 g/mol. The zero-order valence-corrected chi connectivity index (χ0v) is 32.9. The largest absolute Gasteiger partial charge is 0.491 e. The minimum Gasteiger partial charge on any atom is -0.491 e. The highest BCUT2D eigenvalue weighted by Crippen LogP contribution is 2.46. The van der Waals surface area contributed by atoms with E-state index in [4.69, 9.17) is 35.3 Å². The van der Waals surface area contributed by atoms with Gasteiger partial charge in [0.05, 0.1) is 34.6 Å². The lowest BCUT2D eigenvalue weighted by atomic mass is 9.72. The highest BCUT2D eigenvalue weighted by Gasteiger charge is 2.47. The van der Waals surface area contributed by atoms with Gasteiger partial charge in [0.2, 0.25) is 0 Å². The molecule has 0 radical (unpaired) electrons. The molecule has 13 heteroatoms. The van der Waals surface area contributed by atoms with Crippen LogP contribution in [0.15, 0.2) is 22.7 Å². The first-order valence-electron chi connectivity index (χ1n) is 17.8. The van der Waals surface area contributed by atoms with E-state index in [0.29, 0.717) is 33.3 Å². The van der Waals surface area contributed by atoms with Crippen LogP contribution in [0.3, 0.4) is 0 Å². The molecule has 1 amide bonds. The van der Waals surface area contributed by atoms with Gasteiger partial charge in [-0.05, 0) is 95.9 Å². The van der Waals surface area contributed by atoms with Gasteiger partial charge in [-0.3, -0.25) is 0 Å². The first-order chi connectivity index (χ1) is 23.5. The van der Waals surface area contributed by atoms with E-state index in [1.165, 1.54) is 43.7 Å². The van der Waals surface area contributed by atoms with Crippen molar-refractivity contribution < 1.29 is 23.6 Å². The van der Waals surface area contributed by atoms with Crippen LogP contribution in [0, 0.1) is 26.2 Å². The zero-order chi connectivity index (χ0) is 36.2. The van der Waals surface area contributed by atoms with Crippen molar-refractivity contribution in [2.24, 2.45) is 5.41 Å². The number of rotatable bonds is 11. The molecule has 2 aliphatic heterocycles. The normalized spacial score (nSPS) is 18.6. The molecule has 3 fully saturated rings. The fourth-order valence-corrected chi connectivity index (χ4v) is 8.62. The van der Waals surface area contributed by atoms with Crippen LogP contribution in [0.1, 0.15) is 63.5 Å². The van der Waals surface area contributed by atoms with Gasteiger partial charge in [0.1, 0.15) is 23.9 Å². The summed E-state index contributed by atoms with van der Waals surface area (Å²) in [5.74, 6) is 2.68.